The van der Waals surface area contributed by atoms with Gasteiger partial charge in [0.25, 0.3) is 5.91 Å². The van der Waals surface area contributed by atoms with E-state index in [1.54, 1.807) is 29.1 Å². The average molecular weight is 408 g/mol. The van der Waals surface area contributed by atoms with Crippen LogP contribution in [0.1, 0.15) is 32.4 Å². The Labute approximate surface area is 164 Å². The van der Waals surface area contributed by atoms with Gasteiger partial charge in [-0.05, 0) is 39.8 Å². The number of hydrogen-bond donors (Lipinski definition) is 2. The molecule has 28 heavy (non-hydrogen) atoms. The summed E-state index contributed by atoms with van der Waals surface area (Å²) in [6.07, 6.45) is 0.443. The third kappa shape index (κ3) is 5.64. The summed E-state index contributed by atoms with van der Waals surface area (Å²) in [6.45, 7) is 6.47. The van der Waals surface area contributed by atoms with Crippen LogP contribution in [-0.2, 0) is 24.3 Å². The molecule has 0 aliphatic carbocycles. The Morgan fingerprint density at radius 2 is 1.79 bits per heavy atom. The highest BCUT2D eigenvalue weighted by Crippen LogP contribution is 2.14. The smallest absolute Gasteiger partial charge is 0.321 e. The van der Waals surface area contributed by atoms with Crippen LogP contribution in [0, 0.1) is 6.92 Å². The number of carbonyl (C=O) groups excluding carboxylic acids is 2. The third-order valence-electron chi connectivity index (χ3n) is 3.83. The van der Waals surface area contributed by atoms with Crippen molar-refractivity contribution in [3.05, 3.63) is 42.1 Å². The van der Waals surface area contributed by atoms with Crippen LogP contribution in [0.2, 0.25) is 0 Å². The van der Waals surface area contributed by atoms with E-state index < -0.39 is 34.5 Å². The first kappa shape index (κ1) is 21.6. The number of benzene rings is 1. The van der Waals surface area contributed by atoms with E-state index in [9.17, 15) is 18.0 Å². The summed E-state index contributed by atoms with van der Waals surface area (Å²) in [6, 6.07) is 7.86. The minimum Gasteiger partial charge on any atom is -0.452 e. The first-order valence-electron chi connectivity index (χ1n) is 8.70. The maximum absolute atomic E-state index is 12.2. The largest absolute Gasteiger partial charge is 0.452 e. The number of hydrogen-bond acceptors (Lipinski definition) is 6. The van der Waals surface area contributed by atoms with E-state index in [0.29, 0.717) is 5.82 Å². The van der Waals surface area contributed by atoms with Crippen molar-refractivity contribution in [1.82, 2.24) is 14.5 Å². The molecular formula is C18H24N4O5S. The molecule has 0 saturated heterocycles. The van der Waals surface area contributed by atoms with Crippen LogP contribution in [0.25, 0.3) is 0 Å². The molecule has 9 nitrogen and oxygen atoms in total. The molecule has 0 spiro atoms. The van der Waals surface area contributed by atoms with Crippen LogP contribution in [0.4, 0.5) is 5.82 Å². The van der Waals surface area contributed by atoms with E-state index in [1.165, 1.54) is 19.1 Å². The number of carbonyl (C=O) groups is 2. The van der Waals surface area contributed by atoms with Crippen molar-refractivity contribution in [2.75, 3.05) is 11.9 Å². The SMILES string of the molecule is Cc1ccc(S(=O)(=O)NCC(=O)O[C@@H](C)C(=O)Nc2ccnn2C(C)C)cc1. The molecule has 0 aliphatic rings. The summed E-state index contributed by atoms with van der Waals surface area (Å²) in [7, 11) is -3.85. The van der Waals surface area contributed by atoms with Crippen LogP contribution in [0.3, 0.4) is 0 Å². The van der Waals surface area contributed by atoms with Crippen molar-refractivity contribution in [3.63, 3.8) is 0 Å². The fraction of sp³-hybridized carbons (Fsp3) is 0.389. The van der Waals surface area contributed by atoms with Crippen molar-refractivity contribution in [3.8, 4) is 0 Å². The maximum atomic E-state index is 12.2. The summed E-state index contributed by atoms with van der Waals surface area (Å²) in [5.74, 6) is -0.934. The van der Waals surface area contributed by atoms with Gasteiger partial charge in [0, 0.05) is 12.1 Å². The Balaban J connectivity index is 1.88. The lowest BCUT2D eigenvalue weighted by Gasteiger charge is -2.16. The second kappa shape index (κ2) is 8.98. The molecule has 1 aromatic heterocycles. The number of anilines is 1. The molecule has 0 bridgehead atoms. The van der Waals surface area contributed by atoms with E-state index in [1.807, 2.05) is 20.8 Å². The van der Waals surface area contributed by atoms with Crippen LogP contribution < -0.4 is 10.0 Å². The van der Waals surface area contributed by atoms with Gasteiger partial charge >= 0.3 is 5.97 Å². The topological polar surface area (TPSA) is 119 Å². The number of nitrogens with zero attached hydrogens (tertiary/aromatic N) is 2. The molecule has 2 rings (SSSR count). The quantitative estimate of drug-likeness (QED) is 0.641. The fourth-order valence-corrected chi connectivity index (χ4v) is 3.27. The van der Waals surface area contributed by atoms with Gasteiger partial charge in [0.05, 0.1) is 11.1 Å². The second-order valence-electron chi connectivity index (χ2n) is 6.51. The summed E-state index contributed by atoms with van der Waals surface area (Å²) in [5.41, 5.74) is 0.914. The average Bonchev–Trinajstić information content (AvgIpc) is 3.09. The van der Waals surface area contributed by atoms with Crippen molar-refractivity contribution in [2.24, 2.45) is 0 Å². The molecule has 10 heteroatoms. The molecular weight excluding hydrogens is 384 g/mol. The zero-order chi connectivity index (χ0) is 20.9. The molecule has 0 radical (unpaired) electrons. The highest BCUT2D eigenvalue weighted by molar-refractivity contribution is 7.89. The molecule has 0 saturated carbocycles. The van der Waals surface area contributed by atoms with Gasteiger partial charge in [-0.1, -0.05) is 17.7 Å². The van der Waals surface area contributed by atoms with Crippen LogP contribution in [-0.4, -0.2) is 42.7 Å². The number of sulfonamides is 1. The number of nitrogens with one attached hydrogen (secondary N) is 2. The monoisotopic (exact) mass is 408 g/mol. The molecule has 1 heterocycles. The maximum Gasteiger partial charge on any atom is 0.321 e. The number of aryl methyl sites for hydroxylation is 1. The highest BCUT2D eigenvalue weighted by atomic mass is 32.2. The van der Waals surface area contributed by atoms with E-state index in [4.69, 9.17) is 4.74 Å². The molecule has 152 valence electrons. The molecule has 2 aromatic rings. The normalized spacial score (nSPS) is 12.6. The zero-order valence-corrected chi connectivity index (χ0v) is 17.0. The van der Waals surface area contributed by atoms with Gasteiger partial charge in [0.15, 0.2) is 6.10 Å². The summed E-state index contributed by atoms with van der Waals surface area (Å²) >= 11 is 0. The lowest BCUT2D eigenvalue weighted by atomic mass is 10.2. The van der Waals surface area contributed by atoms with Gasteiger partial charge in [-0.15, -0.1) is 0 Å². The van der Waals surface area contributed by atoms with Crippen molar-refractivity contribution in [2.45, 2.75) is 44.7 Å². The lowest BCUT2D eigenvalue weighted by molar-refractivity contribution is -0.151. The van der Waals surface area contributed by atoms with Crippen molar-refractivity contribution in [1.29, 1.82) is 0 Å². The third-order valence-corrected chi connectivity index (χ3v) is 5.24. The van der Waals surface area contributed by atoms with Gasteiger partial charge in [-0.3, -0.25) is 9.59 Å². The fourth-order valence-electron chi connectivity index (χ4n) is 2.30. The lowest BCUT2D eigenvalue weighted by Crippen LogP contribution is -2.36. The van der Waals surface area contributed by atoms with Gasteiger partial charge in [0.1, 0.15) is 12.4 Å². The number of rotatable bonds is 8. The molecule has 0 unspecified atom stereocenters. The Kier molecular flexibility index (Phi) is 6.92. The number of esters is 1. The Hall–Kier alpha value is -2.72. The van der Waals surface area contributed by atoms with Crippen LogP contribution in [0.5, 0.6) is 0 Å². The molecule has 1 atom stereocenters. The van der Waals surface area contributed by atoms with Gasteiger partial charge in [-0.2, -0.15) is 9.82 Å². The molecule has 1 amide bonds. The van der Waals surface area contributed by atoms with Crippen molar-refractivity contribution < 1.29 is 22.7 Å². The number of ether oxygens (including phenoxy) is 1. The number of aromatic nitrogens is 2. The molecule has 1 aromatic carbocycles. The minimum absolute atomic E-state index is 0.0404. The highest BCUT2D eigenvalue weighted by Gasteiger charge is 2.21. The van der Waals surface area contributed by atoms with Crippen LogP contribution >= 0.6 is 0 Å². The molecule has 0 fully saturated rings. The van der Waals surface area contributed by atoms with Crippen LogP contribution in [0.15, 0.2) is 41.4 Å². The number of amides is 1. The van der Waals surface area contributed by atoms with E-state index in [0.717, 1.165) is 5.56 Å². The summed E-state index contributed by atoms with van der Waals surface area (Å²) in [5, 5.41) is 6.72. The summed E-state index contributed by atoms with van der Waals surface area (Å²) < 4.78 is 33.1. The minimum atomic E-state index is -3.85. The Bertz CT molecular complexity index is 935. The predicted molar refractivity (Wildman–Crippen MR) is 103 cm³/mol. The zero-order valence-electron chi connectivity index (χ0n) is 16.2. The first-order chi connectivity index (χ1) is 13.1. The first-order valence-corrected chi connectivity index (χ1v) is 10.2. The van der Waals surface area contributed by atoms with E-state index >= 15 is 0 Å². The molecule has 0 aliphatic heterocycles. The van der Waals surface area contributed by atoms with Gasteiger partial charge in [0.2, 0.25) is 10.0 Å². The summed E-state index contributed by atoms with van der Waals surface area (Å²) in [4.78, 5) is 24.2. The van der Waals surface area contributed by atoms with Gasteiger partial charge in [-0.25, -0.2) is 13.1 Å². The Morgan fingerprint density at radius 1 is 1.14 bits per heavy atom. The predicted octanol–water partition coefficient (Wildman–Crippen LogP) is 1.62. The standard InChI is InChI=1S/C18H24N4O5S/c1-12(2)22-16(9-10-19-22)21-18(24)14(4)27-17(23)11-20-28(25,26)15-7-5-13(3)6-8-15/h5-10,12,14,20H,11H2,1-4H3,(H,21,24)/t14-/m0/s1. The van der Waals surface area contributed by atoms with Crippen molar-refractivity contribution >= 4 is 27.7 Å². The van der Waals surface area contributed by atoms with E-state index in [2.05, 4.69) is 15.1 Å². The molecule has 2 N–H and O–H groups in total. The Morgan fingerprint density at radius 3 is 2.39 bits per heavy atom. The van der Waals surface area contributed by atoms with Gasteiger partial charge < -0.3 is 10.1 Å². The van der Waals surface area contributed by atoms with E-state index in [-0.39, 0.29) is 10.9 Å². The second-order valence-corrected chi connectivity index (χ2v) is 8.28.